The number of ether oxygens (including phenoxy) is 1. The van der Waals surface area contributed by atoms with E-state index < -0.39 is 40.8 Å². The summed E-state index contributed by atoms with van der Waals surface area (Å²) >= 11 is 0. The molecule has 1 heterocycles. The predicted octanol–water partition coefficient (Wildman–Crippen LogP) is 2.75. The van der Waals surface area contributed by atoms with Crippen LogP contribution in [0.4, 0.5) is 24.5 Å². The van der Waals surface area contributed by atoms with E-state index in [1.165, 1.54) is 19.2 Å². The van der Waals surface area contributed by atoms with Crippen molar-refractivity contribution in [2.45, 2.75) is 6.18 Å². The zero-order chi connectivity index (χ0) is 19.5. The summed E-state index contributed by atoms with van der Waals surface area (Å²) in [6.07, 6.45) is -3.58. The van der Waals surface area contributed by atoms with E-state index in [1.54, 1.807) is 0 Å². The molecule has 0 saturated carbocycles. The molecule has 0 aliphatic heterocycles. The molecule has 8 nitrogen and oxygen atoms in total. The number of esters is 1. The molecule has 11 heteroatoms. The Morgan fingerprint density at radius 1 is 1.31 bits per heavy atom. The Morgan fingerprint density at radius 3 is 2.54 bits per heavy atom. The molecule has 1 aromatic heterocycles. The first-order valence-electron chi connectivity index (χ1n) is 7.03. The van der Waals surface area contributed by atoms with Gasteiger partial charge in [0.1, 0.15) is 5.69 Å². The molecule has 0 fully saturated rings. The average molecular weight is 371 g/mol. The van der Waals surface area contributed by atoms with Crippen LogP contribution in [0.25, 0.3) is 0 Å². The van der Waals surface area contributed by atoms with Gasteiger partial charge in [0.25, 0.3) is 11.6 Å². The quantitative estimate of drug-likeness (QED) is 0.494. The van der Waals surface area contributed by atoms with E-state index in [9.17, 15) is 32.9 Å². The van der Waals surface area contributed by atoms with Gasteiger partial charge in [-0.05, 0) is 12.1 Å². The number of amides is 1. The highest BCUT2D eigenvalue weighted by Crippen LogP contribution is 2.34. The van der Waals surface area contributed by atoms with Crippen molar-refractivity contribution < 1.29 is 32.4 Å². The molecule has 0 radical (unpaired) electrons. The first-order valence-corrected chi connectivity index (χ1v) is 7.03. The Bertz CT molecular complexity index is 860. The lowest BCUT2D eigenvalue weighted by Gasteiger charge is -2.13. The van der Waals surface area contributed by atoms with Crippen molar-refractivity contribution in [2.75, 3.05) is 11.9 Å². The number of nitro groups is 1. The van der Waals surface area contributed by atoms with Gasteiger partial charge in [0.15, 0.2) is 6.61 Å². The number of benzene rings is 1. The molecule has 1 aromatic carbocycles. The summed E-state index contributed by atoms with van der Waals surface area (Å²) in [5.74, 6) is -2.02. The van der Waals surface area contributed by atoms with Crippen LogP contribution in [0.5, 0.6) is 0 Å². The first-order chi connectivity index (χ1) is 12.1. The summed E-state index contributed by atoms with van der Waals surface area (Å²) in [5, 5.41) is 12.7. The van der Waals surface area contributed by atoms with Crippen molar-refractivity contribution in [2.24, 2.45) is 7.05 Å². The van der Waals surface area contributed by atoms with E-state index in [1.807, 2.05) is 5.32 Å². The van der Waals surface area contributed by atoms with Crippen LogP contribution >= 0.6 is 0 Å². The van der Waals surface area contributed by atoms with Gasteiger partial charge in [0.05, 0.1) is 22.4 Å². The second-order valence-electron chi connectivity index (χ2n) is 5.12. The van der Waals surface area contributed by atoms with Crippen LogP contribution in [0.15, 0.2) is 36.5 Å². The number of para-hydroxylation sites is 1. The number of nitrogens with zero attached hydrogens (tertiary/aromatic N) is 2. The van der Waals surface area contributed by atoms with Gasteiger partial charge in [0.2, 0.25) is 0 Å². The highest BCUT2D eigenvalue weighted by Gasteiger charge is 2.33. The third-order valence-corrected chi connectivity index (χ3v) is 3.25. The molecule has 1 amide bonds. The molecule has 0 atom stereocenters. The zero-order valence-corrected chi connectivity index (χ0v) is 13.2. The Kier molecular flexibility index (Phi) is 5.29. The molecule has 0 aliphatic rings. The molecule has 0 aliphatic carbocycles. The van der Waals surface area contributed by atoms with Gasteiger partial charge in [-0.1, -0.05) is 12.1 Å². The van der Waals surface area contributed by atoms with Gasteiger partial charge in [-0.2, -0.15) is 13.2 Å². The van der Waals surface area contributed by atoms with Crippen molar-refractivity contribution in [3.63, 3.8) is 0 Å². The van der Waals surface area contributed by atoms with Crippen LogP contribution < -0.4 is 5.32 Å². The minimum atomic E-state index is -4.66. The van der Waals surface area contributed by atoms with Gasteiger partial charge in [-0.25, -0.2) is 4.79 Å². The van der Waals surface area contributed by atoms with Crippen molar-refractivity contribution in [3.8, 4) is 0 Å². The van der Waals surface area contributed by atoms with Gasteiger partial charge in [0, 0.05) is 13.1 Å². The normalized spacial score (nSPS) is 11.1. The SMILES string of the molecule is Cn1cc([N+](=O)[O-])cc1C(=O)OCC(=O)Nc1ccccc1C(F)(F)F. The number of anilines is 1. The molecule has 0 bridgehead atoms. The first kappa shape index (κ1) is 19.0. The van der Waals surface area contributed by atoms with Gasteiger partial charge in [-0.3, -0.25) is 14.9 Å². The highest BCUT2D eigenvalue weighted by atomic mass is 19.4. The zero-order valence-electron chi connectivity index (χ0n) is 13.2. The number of aromatic nitrogens is 1. The molecule has 0 spiro atoms. The number of halogens is 3. The number of aryl methyl sites for hydroxylation is 1. The Hall–Kier alpha value is -3.37. The number of nitrogens with one attached hydrogen (secondary N) is 1. The third kappa shape index (κ3) is 4.37. The fourth-order valence-corrected chi connectivity index (χ4v) is 2.08. The van der Waals surface area contributed by atoms with Crippen LogP contribution in [-0.2, 0) is 22.8 Å². The third-order valence-electron chi connectivity index (χ3n) is 3.25. The standard InChI is InChI=1S/C15H12F3N3O5/c1-20-7-9(21(24)25)6-12(20)14(23)26-8-13(22)19-11-5-3-2-4-10(11)15(16,17)18/h2-7H,8H2,1H3,(H,19,22). The molecule has 1 N–H and O–H groups in total. The summed E-state index contributed by atoms with van der Waals surface area (Å²) in [5.41, 5.74) is -2.04. The molecule has 0 saturated heterocycles. The van der Waals surface area contributed by atoms with E-state index in [-0.39, 0.29) is 11.4 Å². The number of rotatable bonds is 5. The number of hydrogen-bond donors (Lipinski definition) is 1. The van der Waals surface area contributed by atoms with Gasteiger partial charge < -0.3 is 14.6 Å². The largest absolute Gasteiger partial charge is 0.451 e. The Balaban J connectivity index is 2.02. The molecule has 2 rings (SSSR count). The maximum atomic E-state index is 12.9. The number of carbonyl (C=O) groups excluding carboxylic acids is 2. The van der Waals surface area contributed by atoms with E-state index >= 15 is 0 Å². The molecule has 138 valence electrons. The van der Waals surface area contributed by atoms with Crippen LogP contribution in [-0.4, -0.2) is 28.0 Å². The fourth-order valence-electron chi connectivity index (χ4n) is 2.08. The van der Waals surface area contributed by atoms with Gasteiger partial charge >= 0.3 is 12.1 Å². The highest BCUT2D eigenvalue weighted by molar-refractivity contribution is 5.95. The lowest BCUT2D eigenvalue weighted by atomic mass is 10.1. The Morgan fingerprint density at radius 2 is 1.96 bits per heavy atom. The minimum Gasteiger partial charge on any atom is -0.451 e. The average Bonchev–Trinajstić information content (AvgIpc) is 2.94. The van der Waals surface area contributed by atoms with Crippen molar-refractivity contribution in [1.29, 1.82) is 0 Å². The summed E-state index contributed by atoms with van der Waals surface area (Å²) < 4.78 is 44.4. The molecule has 26 heavy (non-hydrogen) atoms. The van der Waals surface area contributed by atoms with Crippen molar-refractivity contribution in [1.82, 2.24) is 4.57 Å². The van der Waals surface area contributed by atoms with Crippen LogP contribution in [0.3, 0.4) is 0 Å². The van der Waals surface area contributed by atoms with Crippen molar-refractivity contribution >= 4 is 23.3 Å². The van der Waals surface area contributed by atoms with E-state index in [0.29, 0.717) is 0 Å². The summed E-state index contributed by atoms with van der Waals surface area (Å²) in [6.45, 7) is -0.857. The van der Waals surface area contributed by atoms with E-state index in [2.05, 4.69) is 4.74 Å². The smallest absolute Gasteiger partial charge is 0.418 e. The van der Waals surface area contributed by atoms with Crippen LogP contribution in [0.1, 0.15) is 16.1 Å². The lowest BCUT2D eigenvalue weighted by molar-refractivity contribution is -0.384. The predicted molar refractivity (Wildman–Crippen MR) is 82.4 cm³/mol. The maximum Gasteiger partial charge on any atom is 0.418 e. The maximum absolute atomic E-state index is 12.9. The number of hydrogen-bond acceptors (Lipinski definition) is 5. The van der Waals surface area contributed by atoms with E-state index in [0.717, 1.165) is 29.0 Å². The molecular formula is C15H12F3N3O5. The second kappa shape index (κ2) is 7.25. The lowest BCUT2D eigenvalue weighted by Crippen LogP contribution is -2.23. The summed E-state index contributed by atoms with van der Waals surface area (Å²) in [6, 6.07) is 5.29. The monoisotopic (exact) mass is 371 g/mol. The topological polar surface area (TPSA) is 103 Å². The number of alkyl halides is 3. The minimum absolute atomic E-state index is 0.180. The van der Waals surface area contributed by atoms with Crippen LogP contribution in [0.2, 0.25) is 0 Å². The second-order valence-corrected chi connectivity index (χ2v) is 5.12. The van der Waals surface area contributed by atoms with Crippen LogP contribution in [0, 0.1) is 10.1 Å². The fraction of sp³-hybridized carbons (Fsp3) is 0.200. The summed E-state index contributed by atoms with van der Waals surface area (Å²) in [7, 11) is 1.36. The van der Waals surface area contributed by atoms with Gasteiger partial charge in [-0.15, -0.1) is 0 Å². The number of carbonyl (C=O) groups is 2. The molecular weight excluding hydrogens is 359 g/mol. The van der Waals surface area contributed by atoms with E-state index in [4.69, 9.17) is 0 Å². The summed E-state index contributed by atoms with van der Waals surface area (Å²) in [4.78, 5) is 33.6. The Labute approximate surface area is 144 Å². The molecule has 0 unspecified atom stereocenters. The molecule has 2 aromatic rings. The van der Waals surface area contributed by atoms with Crippen molar-refractivity contribution in [3.05, 3.63) is 57.9 Å².